The Morgan fingerprint density at radius 1 is 1.24 bits per heavy atom. The fourth-order valence-electron chi connectivity index (χ4n) is 1.67. The highest BCUT2D eigenvalue weighted by molar-refractivity contribution is 5.87. The fourth-order valence-corrected chi connectivity index (χ4v) is 1.67. The molecule has 1 aromatic rings. The van der Waals surface area contributed by atoms with Crippen LogP contribution in [-0.4, -0.2) is 41.8 Å². The van der Waals surface area contributed by atoms with Crippen LogP contribution in [0, 0.1) is 0 Å². The quantitative estimate of drug-likeness (QED) is 0.896. The van der Waals surface area contributed by atoms with Crippen LogP contribution in [0.15, 0.2) is 30.3 Å². The number of hydrogen-bond donors (Lipinski definition) is 2. The Morgan fingerprint density at radius 3 is 2.19 bits per heavy atom. The first kappa shape index (κ1) is 16.8. The van der Waals surface area contributed by atoms with Gasteiger partial charge in [-0.05, 0) is 12.5 Å². The maximum atomic E-state index is 12.2. The summed E-state index contributed by atoms with van der Waals surface area (Å²) in [6.45, 7) is -0.257. The van der Waals surface area contributed by atoms with Gasteiger partial charge < -0.3 is 15.3 Å². The minimum absolute atomic E-state index is 0.256. The van der Waals surface area contributed by atoms with Gasteiger partial charge in [0.2, 0.25) is 0 Å². The zero-order valence-electron chi connectivity index (χ0n) is 11.4. The monoisotopic (exact) mass is 304 g/mol. The lowest BCUT2D eigenvalue weighted by atomic mass is 9.92. The third kappa shape index (κ3) is 4.37. The third-order valence-corrected chi connectivity index (χ3v) is 2.90. The summed E-state index contributed by atoms with van der Waals surface area (Å²) in [5.74, 6) is -1.37. The molecule has 1 unspecified atom stereocenters. The van der Waals surface area contributed by atoms with Gasteiger partial charge in [0.1, 0.15) is 6.54 Å². The van der Waals surface area contributed by atoms with Gasteiger partial charge in [-0.15, -0.1) is 0 Å². The van der Waals surface area contributed by atoms with Crippen molar-refractivity contribution < 1.29 is 27.9 Å². The lowest BCUT2D eigenvalue weighted by molar-refractivity contribution is -0.144. The van der Waals surface area contributed by atoms with Crippen LogP contribution in [0.4, 0.5) is 18.0 Å². The lowest BCUT2D eigenvalue weighted by Crippen LogP contribution is -2.54. The number of hydrogen-bond acceptors (Lipinski definition) is 2. The first-order valence-corrected chi connectivity index (χ1v) is 5.95. The van der Waals surface area contributed by atoms with Crippen LogP contribution in [0.25, 0.3) is 0 Å². The Kier molecular flexibility index (Phi) is 4.82. The van der Waals surface area contributed by atoms with Gasteiger partial charge >= 0.3 is 18.2 Å². The van der Waals surface area contributed by atoms with E-state index in [1.165, 1.54) is 19.1 Å². The Hall–Kier alpha value is -2.25. The summed E-state index contributed by atoms with van der Waals surface area (Å²) in [5.41, 5.74) is -1.57. The molecule has 8 heteroatoms. The van der Waals surface area contributed by atoms with E-state index in [-0.39, 0.29) is 5.56 Å². The van der Waals surface area contributed by atoms with E-state index in [0.29, 0.717) is 4.90 Å². The summed E-state index contributed by atoms with van der Waals surface area (Å²) in [4.78, 5) is 23.6. The molecule has 0 saturated carbocycles. The molecule has 0 radical (unpaired) electrons. The number of aliphatic carboxylic acids is 1. The molecular formula is C13H15F3N2O3. The van der Waals surface area contributed by atoms with Crippen molar-refractivity contribution in [3.05, 3.63) is 35.9 Å². The second-order valence-corrected chi connectivity index (χ2v) is 4.70. The molecule has 5 nitrogen and oxygen atoms in total. The highest BCUT2D eigenvalue weighted by Crippen LogP contribution is 2.22. The molecule has 0 aliphatic heterocycles. The van der Waals surface area contributed by atoms with E-state index in [9.17, 15) is 27.9 Å². The van der Waals surface area contributed by atoms with Crippen molar-refractivity contribution in [2.75, 3.05) is 13.6 Å². The highest BCUT2D eigenvalue weighted by Gasteiger charge is 2.39. The molecule has 0 aromatic heterocycles. The van der Waals surface area contributed by atoms with Crippen LogP contribution in [0.2, 0.25) is 0 Å². The summed E-state index contributed by atoms with van der Waals surface area (Å²) in [6.07, 6.45) is -4.56. The van der Waals surface area contributed by atoms with Crippen molar-refractivity contribution >= 4 is 12.0 Å². The molecule has 0 bridgehead atoms. The van der Waals surface area contributed by atoms with E-state index in [1.807, 2.05) is 0 Å². The normalized spacial score (nSPS) is 14.1. The van der Waals surface area contributed by atoms with Crippen LogP contribution in [0.3, 0.4) is 0 Å². The number of urea groups is 1. The van der Waals surface area contributed by atoms with E-state index < -0.39 is 30.3 Å². The average molecular weight is 304 g/mol. The van der Waals surface area contributed by atoms with E-state index >= 15 is 0 Å². The smallest absolute Gasteiger partial charge is 0.406 e. The van der Waals surface area contributed by atoms with Gasteiger partial charge in [-0.25, -0.2) is 9.59 Å². The Labute approximate surface area is 119 Å². The molecule has 1 aromatic carbocycles. The van der Waals surface area contributed by atoms with Crippen molar-refractivity contribution in [1.82, 2.24) is 10.2 Å². The predicted octanol–water partition coefficient (Wildman–Crippen LogP) is 2.19. The first-order valence-electron chi connectivity index (χ1n) is 5.95. The van der Waals surface area contributed by atoms with Crippen LogP contribution in [0.1, 0.15) is 12.5 Å². The summed E-state index contributed by atoms with van der Waals surface area (Å²) >= 11 is 0. The van der Waals surface area contributed by atoms with Crippen LogP contribution in [0.5, 0.6) is 0 Å². The second-order valence-electron chi connectivity index (χ2n) is 4.70. The topological polar surface area (TPSA) is 69.6 Å². The van der Waals surface area contributed by atoms with E-state index in [4.69, 9.17) is 0 Å². The SMILES string of the molecule is CN(CC(F)(F)F)C(=O)NC(C)(C(=O)O)c1ccccc1. The van der Waals surface area contributed by atoms with E-state index in [1.54, 1.807) is 18.2 Å². The number of benzene rings is 1. The summed E-state index contributed by atoms with van der Waals surface area (Å²) in [6, 6.07) is 6.62. The molecule has 1 rings (SSSR count). The zero-order chi connectivity index (χ0) is 16.3. The van der Waals surface area contributed by atoms with Crippen LogP contribution >= 0.6 is 0 Å². The summed E-state index contributed by atoms with van der Waals surface area (Å²) < 4.78 is 36.7. The van der Waals surface area contributed by atoms with Crippen molar-refractivity contribution in [2.45, 2.75) is 18.6 Å². The summed E-state index contributed by atoms with van der Waals surface area (Å²) in [5, 5.41) is 11.4. The molecule has 1 atom stereocenters. The van der Waals surface area contributed by atoms with Gasteiger partial charge in [-0.1, -0.05) is 30.3 Å². The number of rotatable bonds is 4. The number of carbonyl (C=O) groups excluding carboxylic acids is 1. The molecule has 0 spiro atoms. The first-order chi connectivity index (χ1) is 9.56. The Morgan fingerprint density at radius 2 is 1.76 bits per heavy atom. The van der Waals surface area contributed by atoms with Crippen LogP contribution in [-0.2, 0) is 10.3 Å². The standard InChI is InChI=1S/C13H15F3N2O3/c1-12(10(19)20,9-6-4-3-5-7-9)17-11(21)18(2)8-13(14,15)16/h3-7H,8H2,1-2H3,(H,17,21)(H,19,20). The average Bonchev–Trinajstić information content (AvgIpc) is 2.37. The number of carboxylic acid groups (broad SMARTS) is 1. The maximum absolute atomic E-state index is 12.2. The molecule has 0 aliphatic carbocycles. The van der Waals surface area contributed by atoms with Gasteiger partial charge in [-0.3, -0.25) is 0 Å². The zero-order valence-corrected chi connectivity index (χ0v) is 11.4. The number of nitrogens with one attached hydrogen (secondary N) is 1. The van der Waals surface area contributed by atoms with Gasteiger partial charge in [-0.2, -0.15) is 13.2 Å². The van der Waals surface area contributed by atoms with Gasteiger partial charge in [0.25, 0.3) is 0 Å². The molecule has 2 amide bonds. The van der Waals surface area contributed by atoms with E-state index in [0.717, 1.165) is 7.05 Å². The van der Waals surface area contributed by atoms with Crippen molar-refractivity contribution in [1.29, 1.82) is 0 Å². The molecule has 0 saturated heterocycles. The van der Waals surface area contributed by atoms with Crippen molar-refractivity contribution in [3.63, 3.8) is 0 Å². The van der Waals surface area contributed by atoms with Crippen molar-refractivity contribution in [3.8, 4) is 0 Å². The van der Waals surface area contributed by atoms with Gasteiger partial charge in [0.15, 0.2) is 5.54 Å². The largest absolute Gasteiger partial charge is 0.479 e. The van der Waals surface area contributed by atoms with Gasteiger partial charge in [0.05, 0.1) is 0 Å². The molecule has 21 heavy (non-hydrogen) atoms. The van der Waals surface area contributed by atoms with Crippen LogP contribution < -0.4 is 5.32 Å². The Bertz CT molecular complexity index is 519. The van der Waals surface area contributed by atoms with E-state index in [2.05, 4.69) is 5.32 Å². The minimum Gasteiger partial charge on any atom is -0.479 e. The molecule has 116 valence electrons. The fraction of sp³-hybridized carbons (Fsp3) is 0.385. The Balaban J connectivity index is 2.95. The molecule has 2 N–H and O–H groups in total. The highest BCUT2D eigenvalue weighted by atomic mass is 19.4. The lowest BCUT2D eigenvalue weighted by Gasteiger charge is -2.29. The number of nitrogens with zero attached hydrogens (tertiary/aromatic N) is 1. The number of amides is 2. The molecule has 0 fully saturated rings. The molecular weight excluding hydrogens is 289 g/mol. The summed E-state index contributed by atoms with van der Waals surface area (Å²) in [7, 11) is 0.941. The van der Waals surface area contributed by atoms with Crippen molar-refractivity contribution in [2.24, 2.45) is 0 Å². The predicted molar refractivity (Wildman–Crippen MR) is 68.6 cm³/mol. The number of carboxylic acids is 1. The van der Waals surface area contributed by atoms with Gasteiger partial charge in [0, 0.05) is 7.05 Å². The number of alkyl halides is 3. The third-order valence-electron chi connectivity index (χ3n) is 2.90. The molecule has 0 heterocycles. The minimum atomic E-state index is -4.56. The molecule has 0 aliphatic rings. The number of halogens is 3. The number of carbonyl (C=O) groups is 2. The second kappa shape index (κ2) is 6.02. The maximum Gasteiger partial charge on any atom is 0.406 e.